The third-order valence-electron chi connectivity index (χ3n) is 7.55. The van der Waals surface area contributed by atoms with Crippen LogP contribution in [0.5, 0.6) is 11.5 Å². The molecule has 2 aromatic carbocycles. The summed E-state index contributed by atoms with van der Waals surface area (Å²) in [7, 11) is 1.56. The molecule has 0 amide bonds. The number of benzene rings is 2. The minimum Gasteiger partial charge on any atom is -0.497 e. The summed E-state index contributed by atoms with van der Waals surface area (Å²) in [6.07, 6.45) is 2.41. The van der Waals surface area contributed by atoms with E-state index in [9.17, 15) is 18.3 Å². The molecule has 4 rings (SSSR count). The van der Waals surface area contributed by atoms with E-state index in [1.165, 1.54) is 0 Å². The first-order valence-electron chi connectivity index (χ1n) is 12.7. The first-order valence-corrected chi connectivity index (χ1v) is 12.7. The maximum atomic E-state index is 15.8. The van der Waals surface area contributed by atoms with Gasteiger partial charge >= 0.3 is 0 Å². The highest BCUT2D eigenvalue weighted by Crippen LogP contribution is 2.41. The highest BCUT2D eigenvalue weighted by Gasteiger charge is 2.35. The van der Waals surface area contributed by atoms with Crippen molar-refractivity contribution < 1.29 is 32.1 Å². The van der Waals surface area contributed by atoms with Crippen molar-refractivity contribution >= 4 is 10.9 Å². The molecule has 10 heteroatoms. The van der Waals surface area contributed by atoms with Crippen molar-refractivity contribution in [2.24, 2.45) is 11.1 Å². The number of aromatic nitrogens is 1. The predicted molar refractivity (Wildman–Crippen MR) is 136 cm³/mol. The molecule has 0 saturated carbocycles. The number of nitrogens with two attached hydrogens (primary N) is 1. The molecule has 6 nitrogen and oxygen atoms in total. The van der Waals surface area contributed by atoms with E-state index in [0.717, 1.165) is 12.1 Å². The van der Waals surface area contributed by atoms with Gasteiger partial charge in [0, 0.05) is 49.0 Å². The van der Waals surface area contributed by atoms with Crippen LogP contribution >= 0.6 is 0 Å². The van der Waals surface area contributed by atoms with E-state index < -0.39 is 29.0 Å². The molecular formula is C28H33F4N3O3. The lowest BCUT2D eigenvalue weighted by Crippen LogP contribution is -2.43. The molecule has 3 aromatic rings. The van der Waals surface area contributed by atoms with Gasteiger partial charge in [-0.1, -0.05) is 0 Å². The Labute approximate surface area is 219 Å². The highest BCUT2D eigenvalue weighted by molar-refractivity contribution is 5.85. The van der Waals surface area contributed by atoms with Gasteiger partial charge < -0.3 is 20.3 Å². The summed E-state index contributed by atoms with van der Waals surface area (Å²) in [5, 5.41) is 10.9. The van der Waals surface area contributed by atoms with Crippen LogP contribution in [0.2, 0.25) is 0 Å². The van der Waals surface area contributed by atoms with Crippen molar-refractivity contribution in [1.29, 1.82) is 0 Å². The van der Waals surface area contributed by atoms with E-state index in [2.05, 4.69) is 9.88 Å². The average molecular weight is 536 g/mol. The summed E-state index contributed by atoms with van der Waals surface area (Å²) in [4.78, 5) is 6.52. The van der Waals surface area contributed by atoms with Crippen LogP contribution in [0.3, 0.4) is 0 Å². The van der Waals surface area contributed by atoms with Crippen molar-refractivity contribution in [3.05, 3.63) is 65.1 Å². The van der Waals surface area contributed by atoms with Crippen LogP contribution in [0.1, 0.15) is 43.0 Å². The molecule has 1 atom stereocenters. The van der Waals surface area contributed by atoms with E-state index in [4.69, 9.17) is 15.2 Å². The quantitative estimate of drug-likeness (QED) is 0.264. The lowest BCUT2D eigenvalue weighted by Gasteiger charge is -2.41. The van der Waals surface area contributed by atoms with Crippen LogP contribution in [0.25, 0.3) is 10.9 Å². The van der Waals surface area contributed by atoms with Gasteiger partial charge in [0.15, 0.2) is 17.5 Å². The van der Waals surface area contributed by atoms with Crippen molar-refractivity contribution in [2.75, 3.05) is 40.0 Å². The maximum absolute atomic E-state index is 15.8. The fourth-order valence-corrected chi connectivity index (χ4v) is 5.12. The number of halogens is 4. The Hall–Kier alpha value is -2.95. The van der Waals surface area contributed by atoms with Gasteiger partial charge in [-0.15, -0.1) is 0 Å². The van der Waals surface area contributed by atoms with Gasteiger partial charge in [0.2, 0.25) is 0 Å². The number of methoxy groups -OCH3 is 1. The second-order valence-corrected chi connectivity index (χ2v) is 9.84. The first-order chi connectivity index (χ1) is 18.3. The Morgan fingerprint density at radius 3 is 2.45 bits per heavy atom. The van der Waals surface area contributed by atoms with Crippen molar-refractivity contribution in [3.63, 3.8) is 0 Å². The molecule has 0 aliphatic carbocycles. The topological polar surface area (TPSA) is 80.8 Å². The van der Waals surface area contributed by atoms with E-state index in [1.807, 2.05) is 0 Å². The molecule has 206 valence electrons. The molecule has 1 fully saturated rings. The molecule has 1 aliphatic rings. The zero-order valence-corrected chi connectivity index (χ0v) is 21.4. The van der Waals surface area contributed by atoms with Crippen molar-refractivity contribution in [3.8, 4) is 11.5 Å². The zero-order chi connectivity index (χ0) is 27.3. The fourth-order valence-electron chi connectivity index (χ4n) is 5.12. The zero-order valence-electron chi connectivity index (χ0n) is 21.4. The van der Waals surface area contributed by atoms with E-state index >= 15 is 4.39 Å². The molecule has 38 heavy (non-hydrogen) atoms. The first kappa shape index (κ1) is 28.1. The third kappa shape index (κ3) is 6.19. The van der Waals surface area contributed by atoms with Gasteiger partial charge in [-0.3, -0.25) is 9.88 Å². The Morgan fingerprint density at radius 2 is 1.82 bits per heavy atom. The Kier molecular flexibility index (Phi) is 9.07. The second-order valence-electron chi connectivity index (χ2n) is 9.84. The lowest BCUT2D eigenvalue weighted by atomic mass is 9.74. The number of nitrogens with zero attached hydrogens (tertiary/aromatic N) is 2. The molecule has 1 aliphatic heterocycles. The third-order valence-corrected chi connectivity index (χ3v) is 7.55. The number of piperidine rings is 1. The molecule has 1 saturated heterocycles. The van der Waals surface area contributed by atoms with Crippen LogP contribution in [0.4, 0.5) is 17.6 Å². The number of hydrogen-bond acceptors (Lipinski definition) is 6. The number of likely N-dealkylation sites (tertiary alicyclic amines) is 1. The van der Waals surface area contributed by atoms with Crippen molar-refractivity contribution in [1.82, 2.24) is 9.88 Å². The summed E-state index contributed by atoms with van der Waals surface area (Å²) in [6.45, 7) is 2.11. The van der Waals surface area contributed by atoms with E-state index in [0.29, 0.717) is 66.7 Å². The smallest absolute Gasteiger partial charge is 0.194 e. The minimum absolute atomic E-state index is 0.0488. The molecule has 1 unspecified atom stereocenters. The Morgan fingerprint density at radius 1 is 1.11 bits per heavy atom. The Balaban J connectivity index is 1.34. The largest absolute Gasteiger partial charge is 0.497 e. The number of alkyl halides is 1. The highest BCUT2D eigenvalue weighted by atomic mass is 19.2. The normalized spacial score (nSPS) is 16.5. The fraction of sp³-hybridized carbons (Fsp3) is 0.464. The van der Waals surface area contributed by atoms with Crippen LogP contribution in [-0.4, -0.2) is 54.9 Å². The number of aliphatic hydroxyl groups excluding tert-OH is 1. The van der Waals surface area contributed by atoms with E-state index in [-0.39, 0.29) is 31.9 Å². The average Bonchev–Trinajstić information content (AvgIpc) is 2.94. The number of rotatable bonds is 11. The summed E-state index contributed by atoms with van der Waals surface area (Å²) < 4.78 is 66.3. The predicted octanol–water partition coefficient (Wildman–Crippen LogP) is 5.06. The van der Waals surface area contributed by atoms with Gasteiger partial charge in [0.25, 0.3) is 0 Å². The summed E-state index contributed by atoms with van der Waals surface area (Å²) >= 11 is 0. The van der Waals surface area contributed by atoms with Crippen LogP contribution < -0.4 is 15.2 Å². The van der Waals surface area contributed by atoms with Crippen LogP contribution in [0, 0.1) is 22.9 Å². The van der Waals surface area contributed by atoms with Gasteiger partial charge in [0.05, 0.1) is 12.6 Å². The van der Waals surface area contributed by atoms with Crippen LogP contribution in [-0.2, 0) is 6.54 Å². The molecule has 0 bridgehead atoms. The summed E-state index contributed by atoms with van der Waals surface area (Å²) in [5.74, 6) is -3.58. The number of pyridine rings is 1. The maximum Gasteiger partial charge on any atom is 0.194 e. The van der Waals surface area contributed by atoms with Gasteiger partial charge in [-0.2, -0.15) is 0 Å². The standard InChI is InChI=1S/C28H33F4N3O3/c1-37-19-2-3-25-21(12-19)26(18(15-33)16-34-25)22(29)4-5-28(17-36)6-8-35(9-7-28)10-11-38-20-13-23(30)27(32)24(31)14-20/h2-3,12-14,16,22,36H,4-11,15,17,33H2,1H3. The molecular weight excluding hydrogens is 502 g/mol. The summed E-state index contributed by atoms with van der Waals surface area (Å²) in [6, 6.07) is 6.99. The van der Waals surface area contributed by atoms with Crippen molar-refractivity contribution in [2.45, 2.75) is 38.4 Å². The second kappa shape index (κ2) is 12.3. The monoisotopic (exact) mass is 535 g/mol. The molecule has 3 N–H and O–H groups in total. The minimum atomic E-state index is -1.53. The molecule has 1 aromatic heterocycles. The molecule has 0 radical (unpaired) electrons. The Bertz CT molecular complexity index is 1220. The number of ether oxygens (including phenoxy) is 2. The SMILES string of the molecule is COc1ccc2ncc(CN)c(C(F)CCC3(CO)CCN(CCOc4cc(F)c(F)c(F)c4)CC3)c2c1. The molecule has 2 heterocycles. The summed E-state index contributed by atoms with van der Waals surface area (Å²) in [5.41, 5.74) is 7.33. The molecule has 0 spiro atoms. The van der Waals surface area contributed by atoms with Gasteiger partial charge in [-0.05, 0) is 68.0 Å². The number of hydrogen-bond donors (Lipinski definition) is 2. The van der Waals surface area contributed by atoms with Gasteiger partial charge in [-0.25, -0.2) is 17.6 Å². The lowest BCUT2D eigenvalue weighted by molar-refractivity contribution is 0.0265. The van der Waals surface area contributed by atoms with Gasteiger partial charge in [0.1, 0.15) is 24.3 Å². The van der Waals surface area contributed by atoms with E-state index in [1.54, 1.807) is 31.5 Å². The number of aliphatic hydroxyl groups is 1. The van der Waals surface area contributed by atoms with Crippen LogP contribution in [0.15, 0.2) is 36.5 Å². The number of fused-ring (bicyclic) bond motifs is 1.